The molecule has 10 nitrogen and oxygen atoms in total. The van der Waals surface area contributed by atoms with E-state index in [0.29, 0.717) is 46.3 Å². The van der Waals surface area contributed by atoms with Crippen molar-refractivity contribution in [2.75, 3.05) is 69.4 Å². The summed E-state index contributed by atoms with van der Waals surface area (Å²) in [7, 11) is 7.94. The molecule has 10 heteroatoms. The Morgan fingerprint density at radius 2 is 1.59 bits per heavy atom. The number of carbonyl (C=O) groups is 1. The highest BCUT2D eigenvalue weighted by atomic mass is 16.8. The van der Waals surface area contributed by atoms with Gasteiger partial charge in [-0.2, -0.15) is 0 Å². The second-order valence-electron chi connectivity index (χ2n) is 9.16. The first-order valence-electron chi connectivity index (χ1n) is 11.3. The van der Waals surface area contributed by atoms with Crippen LogP contribution in [0.1, 0.15) is 12.8 Å². The zero-order valence-corrected chi connectivity index (χ0v) is 20.0. The van der Waals surface area contributed by atoms with Gasteiger partial charge in [0, 0.05) is 18.5 Å². The minimum absolute atomic E-state index is 0.0485. The van der Waals surface area contributed by atoms with Gasteiger partial charge in [0.1, 0.15) is 11.2 Å². The average Bonchev–Trinajstić information content (AvgIpc) is 2.76. The summed E-state index contributed by atoms with van der Waals surface area (Å²) in [4.78, 5) is 26.1. The minimum atomic E-state index is -0.178. The maximum absolute atomic E-state index is 13.8. The zero-order chi connectivity index (χ0) is 24.6. The summed E-state index contributed by atoms with van der Waals surface area (Å²) < 4.78 is 0. The van der Waals surface area contributed by atoms with Gasteiger partial charge in [-0.15, -0.1) is 11.0 Å². The average molecular weight is 468 g/mol. The van der Waals surface area contributed by atoms with Gasteiger partial charge in [0.15, 0.2) is 0 Å². The molecule has 0 saturated heterocycles. The molecular formula is C24H31N6O4-. The standard InChI is InChI=1S/C24H32N6O4/c1-26(2)11-5-13-28-19-9-10-20(30(33)34)22-21(19)23(17-15-16(31)7-8-18(17)25-22)29(24(28)32)14-6-12-27(3)4/h7-10,15,31,33-34H,5-6,11-14H2,1-4H3/p-1. The number of rotatable bonds is 9. The number of urea groups is 1. The van der Waals surface area contributed by atoms with Crippen LogP contribution < -0.4 is 20.1 Å². The van der Waals surface area contributed by atoms with Crippen molar-refractivity contribution >= 4 is 44.9 Å². The van der Waals surface area contributed by atoms with E-state index in [1.54, 1.807) is 21.9 Å². The van der Waals surface area contributed by atoms with Crippen molar-refractivity contribution in [2.24, 2.45) is 0 Å². The Hall–Kier alpha value is -3.18. The summed E-state index contributed by atoms with van der Waals surface area (Å²) in [6.45, 7) is 2.55. The van der Waals surface area contributed by atoms with E-state index in [4.69, 9.17) is 0 Å². The molecule has 1 aliphatic rings. The number of aromatic nitrogens is 1. The minimum Gasteiger partial charge on any atom is -0.872 e. The quantitative estimate of drug-likeness (QED) is 0.365. The summed E-state index contributed by atoms with van der Waals surface area (Å²) in [5, 5.41) is 33.3. The molecule has 1 aliphatic heterocycles. The van der Waals surface area contributed by atoms with Crippen molar-refractivity contribution in [3.63, 3.8) is 0 Å². The third-order valence-electron chi connectivity index (χ3n) is 6.04. The number of fused-ring (bicyclic) bond motifs is 2. The highest BCUT2D eigenvalue weighted by molar-refractivity contribution is 6.26. The summed E-state index contributed by atoms with van der Waals surface area (Å²) in [6.07, 6.45) is 1.49. The SMILES string of the molecule is CN(C)CCCN1C(=O)N(CCCN(C)C)c2c3cc([O-])ccc3nc3c(N(O)O)ccc1c23. The van der Waals surface area contributed by atoms with Gasteiger partial charge in [-0.1, -0.05) is 12.1 Å². The highest BCUT2D eigenvalue weighted by Gasteiger charge is 2.35. The second-order valence-corrected chi connectivity index (χ2v) is 9.16. The van der Waals surface area contributed by atoms with Crippen LogP contribution >= 0.6 is 0 Å². The molecule has 0 aliphatic carbocycles. The van der Waals surface area contributed by atoms with Crippen molar-refractivity contribution < 1.29 is 20.3 Å². The molecule has 2 amide bonds. The van der Waals surface area contributed by atoms with Gasteiger partial charge in [0.2, 0.25) is 0 Å². The molecule has 0 fully saturated rings. The van der Waals surface area contributed by atoms with E-state index < -0.39 is 0 Å². The third kappa shape index (κ3) is 4.45. The van der Waals surface area contributed by atoms with Gasteiger partial charge >= 0.3 is 6.03 Å². The van der Waals surface area contributed by atoms with Crippen LogP contribution in [0, 0.1) is 0 Å². The summed E-state index contributed by atoms with van der Waals surface area (Å²) >= 11 is 0. The molecule has 0 spiro atoms. The Balaban J connectivity index is 1.97. The number of pyridine rings is 1. The Bertz CT molecular complexity index is 1210. The van der Waals surface area contributed by atoms with Crippen LogP contribution in [0.3, 0.4) is 0 Å². The molecule has 4 rings (SSSR count). The lowest BCUT2D eigenvalue weighted by molar-refractivity contribution is -0.268. The molecule has 0 radical (unpaired) electrons. The lowest BCUT2D eigenvalue weighted by atomic mass is 10.0. The third-order valence-corrected chi connectivity index (χ3v) is 6.04. The van der Waals surface area contributed by atoms with Crippen molar-refractivity contribution in [3.05, 3.63) is 30.3 Å². The Morgan fingerprint density at radius 1 is 0.941 bits per heavy atom. The van der Waals surface area contributed by atoms with Gasteiger partial charge in [0.25, 0.3) is 0 Å². The van der Waals surface area contributed by atoms with Crippen molar-refractivity contribution in [1.82, 2.24) is 14.8 Å². The van der Waals surface area contributed by atoms with Gasteiger partial charge in [-0.25, -0.2) is 9.78 Å². The normalized spacial score (nSPS) is 13.7. The van der Waals surface area contributed by atoms with Crippen molar-refractivity contribution in [1.29, 1.82) is 0 Å². The van der Waals surface area contributed by atoms with Crippen LogP contribution in [0.4, 0.5) is 21.9 Å². The first kappa shape index (κ1) is 24.0. The fraction of sp³-hybridized carbons (Fsp3) is 0.417. The monoisotopic (exact) mass is 467 g/mol. The molecular weight excluding hydrogens is 436 g/mol. The van der Waals surface area contributed by atoms with E-state index in [1.165, 1.54) is 18.2 Å². The number of benzene rings is 2. The highest BCUT2D eigenvalue weighted by Crippen LogP contribution is 2.46. The fourth-order valence-electron chi connectivity index (χ4n) is 4.50. The van der Waals surface area contributed by atoms with Gasteiger partial charge < -0.3 is 14.9 Å². The van der Waals surface area contributed by atoms with E-state index in [0.717, 1.165) is 25.9 Å². The lowest BCUT2D eigenvalue weighted by Gasteiger charge is -2.38. The largest absolute Gasteiger partial charge is 0.872 e. The molecule has 1 aromatic heterocycles. The molecule has 0 saturated carbocycles. The maximum atomic E-state index is 13.8. The molecule has 2 N–H and O–H groups in total. The van der Waals surface area contributed by atoms with Crippen molar-refractivity contribution in [3.8, 4) is 5.75 Å². The fourth-order valence-corrected chi connectivity index (χ4v) is 4.50. The van der Waals surface area contributed by atoms with E-state index in [2.05, 4.69) is 14.8 Å². The molecule has 182 valence electrons. The molecule has 0 bridgehead atoms. The van der Waals surface area contributed by atoms with Crippen LogP contribution in [0.25, 0.3) is 21.8 Å². The topological polar surface area (TPSA) is 110 Å². The summed E-state index contributed by atoms with van der Waals surface area (Å²) in [6, 6.07) is 7.61. The molecule has 2 heterocycles. The molecule has 3 aromatic rings. The van der Waals surface area contributed by atoms with Gasteiger partial charge in [0.05, 0.1) is 22.3 Å². The number of anilines is 3. The van der Waals surface area contributed by atoms with E-state index >= 15 is 0 Å². The van der Waals surface area contributed by atoms with Crippen LogP contribution in [0.2, 0.25) is 0 Å². The van der Waals surface area contributed by atoms with Crippen LogP contribution in [-0.4, -0.2) is 85.6 Å². The van der Waals surface area contributed by atoms with Crippen LogP contribution in [-0.2, 0) is 0 Å². The smallest absolute Gasteiger partial charge is 0.329 e. The van der Waals surface area contributed by atoms with Gasteiger partial charge in [-0.3, -0.25) is 20.2 Å². The lowest BCUT2D eigenvalue weighted by Crippen LogP contribution is -2.48. The summed E-state index contributed by atoms with van der Waals surface area (Å²) in [5.74, 6) is -0.178. The molecule has 2 aromatic carbocycles. The van der Waals surface area contributed by atoms with E-state index in [-0.39, 0.29) is 22.7 Å². The van der Waals surface area contributed by atoms with E-state index in [1.807, 2.05) is 28.2 Å². The second kappa shape index (κ2) is 9.59. The molecule has 0 unspecified atom stereocenters. The van der Waals surface area contributed by atoms with Crippen LogP contribution in [0.5, 0.6) is 5.75 Å². The number of nitrogens with zero attached hydrogens (tertiary/aromatic N) is 6. The zero-order valence-electron chi connectivity index (χ0n) is 20.0. The molecule has 34 heavy (non-hydrogen) atoms. The number of hydrogen-bond donors (Lipinski definition) is 2. The number of amides is 2. The first-order valence-corrected chi connectivity index (χ1v) is 11.3. The Kier molecular flexibility index (Phi) is 6.76. The number of hydrogen-bond acceptors (Lipinski definition) is 8. The number of carbonyl (C=O) groups excluding carboxylic acids is 1. The summed E-state index contributed by atoms with van der Waals surface area (Å²) in [5.41, 5.74) is 2.20. The van der Waals surface area contributed by atoms with E-state index in [9.17, 15) is 20.3 Å². The Morgan fingerprint density at radius 3 is 2.21 bits per heavy atom. The van der Waals surface area contributed by atoms with Crippen LogP contribution in [0.15, 0.2) is 30.3 Å². The molecule has 0 atom stereocenters. The predicted molar refractivity (Wildman–Crippen MR) is 131 cm³/mol. The first-order chi connectivity index (χ1) is 16.2. The Labute approximate surface area is 198 Å². The van der Waals surface area contributed by atoms with Crippen molar-refractivity contribution in [2.45, 2.75) is 12.8 Å². The maximum Gasteiger partial charge on any atom is 0.329 e. The van der Waals surface area contributed by atoms with Gasteiger partial charge in [-0.05, 0) is 72.3 Å². The predicted octanol–water partition coefficient (Wildman–Crippen LogP) is 2.70.